The fourth-order valence-corrected chi connectivity index (χ4v) is 3.17. The number of hydrogen-bond donors (Lipinski definition) is 1. The first kappa shape index (κ1) is 10.1. The predicted molar refractivity (Wildman–Crippen MR) is 61.5 cm³/mol. The van der Waals surface area contributed by atoms with Gasteiger partial charge in [-0.15, -0.1) is 0 Å². The van der Waals surface area contributed by atoms with Gasteiger partial charge in [0.15, 0.2) is 0 Å². The molecule has 0 spiro atoms. The highest BCUT2D eigenvalue weighted by atomic mass is 32.2. The number of aliphatic hydroxyl groups is 1. The number of rotatable bonds is 1. The Morgan fingerprint density at radius 3 is 3.00 bits per heavy atom. The molecule has 0 fully saturated rings. The average molecular weight is 208 g/mol. The Kier molecular flexibility index (Phi) is 2.84. The first-order valence-corrected chi connectivity index (χ1v) is 6.16. The van der Waals surface area contributed by atoms with Crippen molar-refractivity contribution in [1.82, 2.24) is 0 Å². The third kappa shape index (κ3) is 1.69. The summed E-state index contributed by atoms with van der Waals surface area (Å²) in [4.78, 5) is 0. The summed E-state index contributed by atoms with van der Waals surface area (Å²) in [5.74, 6) is 1.05. The van der Waals surface area contributed by atoms with E-state index in [2.05, 4.69) is 32.0 Å². The molecule has 1 heterocycles. The summed E-state index contributed by atoms with van der Waals surface area (Å²) in [5, 5.41) is 10.5. The molecule has 0 amide bonds. The van der Waals surface area contributed by atoms with Crippen LogP contribution in [0.3, 0.4) is 0 Å². The van der Waals surface area contributed by atoms with Crippen LogP contribution in [0.1, 0.15) is 36.1 Å². The van der Waals surface area contributed by atoms with Gasteiger partial charge in [-0.05, 0) is 24.5 Å². The van der Waals surface area contributed by atoms with Crippen molar-refractivity contribution >= 4 is 11.8 Å². The summed E-state index contributed by atoms with van der Waals surface area (Å²) in [5.41, 5.74) is 3.69. The fraction of sp³-hybridized carbons (Fsp3) is 0.500. The third-order valence-electron chi connectivity index (χ3n) is 2.83. The van der Waals surface area contributed by atoms with Crippen LogP contribution in [-0.4, -0.2) is 10.4 Å². The molecule has 14 heavy (non-hydrogen) atoms. The van der Waals surface area contributed by atoms with E-state index in [9.17, 15) is 5.11 Å². The van der Waals surface area contributed by atoms with Crippen molar-refractivity contribution in [2.24, 2.45) is 0 Å². The molecule has 2 rings (SSSR count). The van der Waals surface area contributed by atoms with Gasteiger partial charge in [-0.25, -0.2) is 0 Å². The highest BCUT2D eigenvalue weighted by molar-refractivity contribution is 7.99. The van der Waals surface area contributed by atoms with E-state index in [4.69, 9.17) is 0 Å². The lowest BCUT2D eigenvalue weighted by Gasteiger charge is -2.29. The van der Waals surface area contributed by atoms with Gasteiger partial charge in [-0.1, -0.05) is 30.7 Å². The maximum Gasteiger partial charge on any atom is 0.0911 e. The Balaban J connectivity index is 2.38. The van der Waals surface area contributed by atoms with Gasteiger partial charge in [0.2, 0.25) is 0 Å². The van der Waals surface area contributed by atoms with Crippen LogP contribution in [0.5, 0.6) is 0 Å². The average Bonchev–Trinajstić information content (AvgIpc) is 2.20. The number of hydrogen-bond acceptors (Lipinski definition) is 2. The molecule has 0 saturated heterocycles. The molecule has 2 atom stereocenters. The molecule has 1 aliphatic heterocycles. The molecule has 0 radical (unpaired) electrons. The quantitative estimate of drug-likeness (QED) is 0.765. The van der Waals surface area contributed by atoms with Gasteiger partial charge in [0, 0.05) is 11.0 Å². The maximum atomic E-state index is 10.1. The SMILES string of the molecule is CCC1SCc2ccc(C)cc2C1O. The third-order valence-corrected chi connectivity index (χ3v) is 4.32. The van der Waals surface area contributed by atoms with Crippen LogP contribution in [0.15, 0.2) is 18.2 Å². The van der Waals surface area contributed by atoms with Crippen LogP contribution < -0.4 is 0 Å². The van der Waals surface area contributed by atoms with E-state index in [0.717, 1.165) is 17.7 Å². The van der Waals surface area contributed by atoms with Crippen molar-refractivity contribution in [3.63, 3.8) is 0 Å². The minimum atomic E-state index is -0.270. The second kappa shape index (κ2) is 3.95. The number of thioether (sulfide) groups is 1. The van der Waals surface area contributed by atoms with Crippen LogP contribution in [0.25, 0.3) is 0 Å². The number of benzene rings is 1. The van der Waals surface area contributed by atoms with Crippen LogP contribution in [0, 0.1) is 6.92 Å². The van der Waals surface area contributed by atoms with Crippen LogP contribution in [0.4, 0.5) is 0 Å². The molecular weight excluding hydrogens is 192 g/mol. The van der Waals surface area contributed by atoms with Crippen LogP contribution >= 0.6 is 11.8 Å². The summed E-state index contributed by atoms with van der Waals surface area (Å²) in [6, 6.07) is 6.40. The molecule has 0 aliphatic carbocycles. The van der Waals surface area contributed by atoms with E-state index in [0.29, 0.717) is 5.25 Å². The molecular formula is C12H16OS. The summed E-state index contributed by atoms with van der Waals surface area (Å²) >= 11 is 1.87. The minimum absolute atomic E-state index is 0.270. The molecule has 1 nitrogen and oxygen atoms in total. The van der Waals surface area contributed by atoms with Gasteiger partial charge in [0.05, 0.1) is 6.10 Å². The molecule has 1 aliphatic rings. The lowest BCUT2D eigenvalue weighted by molar-refractivity contribution is 0.170. The molecule has 1 N–H and O–H groups in total. The first-order chi connectivity index (χ1) is 6.72. The number of aliphatic hydroxyl groups excluding tert-OH is 1. The van der Waals surface area contributed by atoms with Crippen molar-refractivity contribution in [2.75, 3.05) is 0 Å². The van der Waals surface area contributed by atoms with Crippen LogP contribution in [-0.2, 0) is 5.75 Å². The largest absolute Gasteiger partial charge is 0.387 e. The summed E-state index contributed by atoms with van der Waals surface area (Å²) in [6.07, 6.45) is 0.771. The van der Waals surface area contributed by atoms with E-state index in [1.807, 2.05) is 11.8 Å². The molecule has 76 valence electrons. The molecule has 2 unspecified atom stereocenters. The van der Waals surface area contributed by atoms with Crippen molar-refractivity contribution in [3.8, 4) is 0 Å². The maximum absolute atomic E-state index is 10.1. The smallest absolute Gasteiger partial charge is 0.0911 e. The summed E-state index contributed by atoms with van der Waals surface area (Å²) in [7, 11) is 0. The second-order valence-corrected chi connectivity index (χ2v) is 5.13. The van der Waals surface area contributed by atoms with Crippen molar-refractivity contribution in [2.45, 2.75) is 37.4 Å². The number of fused-ring (bicyclic) bond motifs is 1. The summed E-state index contributed by atoms with van der Waals surface area (Å²) < 4.78 is 0. The van der Waals surface area contributed by atoms with Gasteiger partial charge in [0.25, 0.3) is 0 Å². The Labute approximate surface area is 89.5 Å². The Morgan fingerprint density at radius 2 is 2.29 bits per heavy atom. The zero-order valence-electron chi connectivity index (χ0n) is 8.66. The minimum Gasteiger partial charge on any atom is -0.387 e. The normalized spacial score (nSPS) is 25.9. The molecule has 0 bridgehead atoms. The van der Waals surface area contributed by atoms with E-state index in [1.165, 1.54) is 11.1 Å². The summed E-state index contributed by atoms with van der Waals surface area (Å²) in [6.45, 7) is 4.22. The zero-order valence-corrected chi connectivity index (χ0v) is 9.47. The molecule has 0 aromatic heterocycles. The van der Waals surface area contributed by atoms with Gasteiger partial charge < -0.3 is 5.11 Å². The molecule has 2 heteroatoms. The monoisotopic (exact) mass is 208 g/mol. The molecule has 1 aromatic rings. The van der Waals surface area contributed by atoms with Gasteiger partial charge >= 0.3 is 0 Å². The predicted octanol–water partition coefficient (Wildman–Crippen LogP) is 3.05. The van der Waals surface area contributed by atoms with Gasteiger partial charge in [0.1, 0.15) is 0 Å². The second-order valence-electron chi connectivity index (χ2n) is 3.90. The zero-order chi connectivity index (χ0) is 10.1. The molecule has 0 saturated carbocycles. The highest BCUT2D eigenvalue weighted by Crippen LogP contribution is 2.39. The first-order valence-electron chi connectivity index (χ1n) is 5.11. The van der Waals surface area contributed by atoms with Crippen molar-refractivity contribution in [3.05, 3.63) is 34.9 Å². The standard InChI is InChI=1S/C12H16OS/c1-3-11-12(13)10-6-8(2)4-5-9(10)7-14-11/h4-6,11-13H,3,7H2,1-2H3. The van der Waals surface area contributed by atoms with Gasteiger partial charge in [-0.2, -0.15) is 11.8 Å². The van der Waals surface area contributed by atoms with E-state index >= 15 is 0 Å². The molecule has 1 aromatic carbocycles. The Bertz CT molecular complexity index is 335. The lowest BCUT2D eigenvalue weighted by atomic mass is 9.97. The lowest BCUT2D eigenvalue weighted by Crippen LogP contribution is -2.20. The van der Waals surface area contributed by atoms with E-state index in [-0.39, 0.29) is 6.10 Å². The van der Waals surface area contributed by atoms with Crippen molar-refractivity contribution < 1.29 is 5.11 Å². The topological polar surface area (TPSA) is 20.2 Å². The van der Waals surface area contributed by atoms with Crippen LogP contribution in [0.2, 0.25) is 0 Å². The Hall–Kier alpha value is -0.470. The van der Waals surface area contributed by atoms with Crippen molar-refractivity contribution in [1.29, 1.82) is 0 Å². The number of aryl methyl sites for hydroxylation is 1. The Morgan fingerprint density at radius 1 is 1.50 bits per heavy atom. The van der Waals surface area contributed by atoms with E-state index < -0.39 is 0 Å². The van der Waals surface area contributed by atoms with E-state index in [1.54, 1.807) is 0 Å². The fourth-order valence-electron chi connectivity index (χ4n) is 1.95. The van der Waals surface area contributed by atoms with Gasteiger partial charge in [-0.3, -0.25) is 0 Å². The highest BCUT2D eigenvalue weighted by Gasteiger charge is 2.26.